The van der Waals surface area contributed by atoms with Crippen LogP contribution in [-0.4, -0.2) is 70.5 Å². The molecule has 1 heterocycles. The van der Waals surface area contributed by atoms with E-state index in [0.29, 0.717) is 34.1 Å². The molecule has 5 N–H and O–H groups in total. The van der Waals surface area contributed by atoms with Gasteiger partial charge in [0, 0.05) is 30.9 Å². The molecule has 0 saturated carbocycles. The topological polar surface area (TPSA) is 187 Å². The first-order valence-corrected chi connectivity index (χ1v) is 14.8. The van der Waals surface area contributed by atoms with Crippen LogP contribution in [0.25, 0.3) is 0 Å². The number of pyridine rings is 1. The summed E-state index contributed by atoms with van der Waals surface area (Å²) in [7, 11) is 2.93. The van der Waals surface area contributed by atoms with E-state index >= 15 is 0 Å². The summed E-state index contributed by atoms with van der Waals surface area (Å²) in [5.41, 5.74) is 3.39. The van der Waals surface area contributed by atoms with E-state index in [-0.39, 0.29) is 29.9 Å². The minimum absolute atomic E-state index is 0.0210. The third kappa shape index (κ3) is 9.16. The number of para-hydroxylation sites is 1. The summed E-state index contributed by atoms with van der Waals surface area (Å²) >= 11 is 0. The number of nitrogens with zero attached hydrogens (tertiary/aromatic N) is 2. The SMILES string of the molecule is COc1cc(CC(=O)CNc2ccc(C(CC(=O)O)N(C)C(=O)c3ccc(C(=O)O)cc3)cn2)ccc1NC(=O)Nc1ccccc1C. The molecular formula is C35H35N5O8. The minimum atomic E-state index is -1.13. The lowest BCUT2D eigenvalue weighted by Gasteiger charge is -2.27. The van der Waals surface area contributed by atoms with Crippen LogP contribution in [0.2, 0.25) is 0 Å². The second kappa shape index (κ2) is 15.9. The predicted molar refractivity (Wildman–Crippen MR) is 179 cm³/mol. The number of ether oxygens (including phenoxy) is 1. The Bertz CT molecular complexity index is 1810. The Kier molecular flexibility index (Phi) is 11.4. The molecule has 0 fully saturated rings. The van der Waals surface area contributed by atoms with Gasteiger partial charge in [-0.1, -0.05) is 30.3 Å². The maximum absolute atomic E-state index is 13.1. The Morgan fingerprint density at radius 3 is 2.19 bits per heavy atom. The standard InChI is InChI=1S/C35H35N5O8/c1-21-6-4-5-7-27(21)38-35(47)39-28-14-8-22(17-30(28)48-3)16-26(41)20-37-31-15-13-25(19-36-31)29(18-32(42)43)40(2)33(44)23-9-11-24(12-10-23)34(45)46/h4-15,17,19,29H,16,18,20H2,1-3H3,(H,36,37)(H,42,43)(H,45,46)(H2,38,39,47). The number of aromatic nitrogens is 1. The van der Waals surface area contributed by atoms with Gasteiger partial charge in [0.15, 0.2) is 5.78 Å². The number of hydrogen-bond acceptors (Lipinski definition) is 8. The van der Waals surface area contributed by atoms with Gasteiger partial charge in [0.1, 0.15) is 11.6 Å². The van der Waals surface area contributed by atoms with Gasteiger partial charge >= 0.3 is 18.0 Å². The molecule has 0 aliphatic heterocycles. The lowest BCUT2D eigenvalue weighted by Crippen LogP contribution is -2.32. The number of hydrogen-bond donors (Lipinski definition) is 5. The highest BCUT2D eigenvalue weighted by Gasteiger charge is 2.26. The van der Waals surface area contributed by atoms with Crippen molar-refractivity contribution >= 4 is 46.9 Å². The smallest absolute Gasteiger partial charge is 0.335 e. The summed E-state index contributed by atoms with van der Waals surface area (Å²) in [6, 6.07) is 19.7. The molecule has 0 saturated heterocycles. The molecule has 248 valence electrons. The molecule has 3 amide bonds. The van der Waals surface area contributed by atoms with Crippen molar-refractivity contribution < 1.29 is 38.9 Å². The second-order valence-corrected chi connectivity index (χ2v) is 10.9. The van der Waals surface area contributed by atoms with E-state index in [4.69, 9.17) is 9.84 Å². The van der Waals surface area contributed by atoms with E-state index in [9.17, 15) is 29.1 Å². The van der Waals surface area contributed by atoms with Crippen LogP contribution >= 0.6 is 0 Å². The first-order valence-electron chi connectivity index (χ1n) is 14.8. The minimum Gasteiger partial charge on any atom is -0.495 e. The Hall–Kier alpha value is -6.24. The van der Waals surface area contributed by atoms with Crippen LogP contribution in [0.3, 0.4) is 0 Å². The van der Waals surface area contributed by atoms with Crippen LogP contribution in [0.5, 0.6) is 5.75 Å². The Labute approximate surface area is 276 Å². The lowest BCUT2D eigenvalue weighted by molar-refractivity contribution is -0.138. The molecule has 0 aliphatic rings. The number of carbonyl (C=O) groups excluding carboxylic acids is 3. The van der Waals surface area contributed by atoms with Crippen LogP contribution in [0.15, 0.2) is 85.1 Å². The molecule has 1 aromatic heterocycles. The van der Waals surface area contributed by atoms with E-state index < -0.39 is 36.3 Å². The third-order valence-electron chi connectivity index (χ3n) is 7.48. The summed E-state index contributed by atoms with van der Waals surface area (Å²) in [4.78, 5) is 66.8. The largest absolute Gasteiger partial charge is 0.495 e. The van der Waals surface area contributed by atoms with E-state index in [1.165, 1.54) is 49.5 Å². The number of Topliss-reactive ketones (excluding diaryl/α,β-unsaturated/α-hetero) is 1. The fourth-order valence-corrected chi connectivity index (χ4v) is 4.87. The number of carbonyl (C=O) groups is 5. The van der Waals surface area contributed by atoms with Gasteiger partial charge in [0.2, 0.25) is 0 Å². The number of aliphatic carboxylic acids is 1. The Morgan fingerprint density at radius 1 is 0.875 bits per heavy atom. The number of aromatic carboxylic acids is 1. The van der Waals surface area contributed by atoms with Crippen molar-refractivity contribution in [2.45, 2.75) is 25.8 Å². The van der Waals surface area contributed by atoms with Crippen molar-refractivity contribution in [2.24, 2.45) is 0 Å². The fourth-order valence-electron chi connectivity index (χ4n) is 4.87. The first-order chi connectivity index (χ1) is 22.9. The number of anilines is 3. The molecule has 4 rings (SSSR count). The van der Waals surface area contributed by atoms with E-state index in [0.717, 1.165) is 5.56 Å². The summed E-state index contributed by atoms with van der Waals surface area (Å²) < 4.78 is 5.43. The zero-order valence-corrected chi connectivity index (χ0v) is 26.5. The highest BCUT2D eigenvalue weighted by atomic mass is 16.5. The molecule has 1 atom stereocenters. The fraction of sp³-hybridized carbons (Fsp3) is 0.200. The number of methoxy groups -OCH3 is 1. The summed E-state index contributed by atoms with van der Waals surface area (Å²) in [6.45, 7) is 1.84. The Morgan fingerprint density at radius 2 is 1.56 bits per heavy atom. The number of amides is 3. The highest BCUT2D eigenvalue weighted by molar-refractivity contribution is 6.01. The molecule has 0 aliphatic carbocycles. The number of urea groups is 1. The van der Waals surface area contributed by atoms with Crippen molar-refractivity contribution in [3.05, 3.63) is 113 Å². The first kappa shape index (κ1) is 34.6. The molecule has 0 spiro atoms. The molecule has 13 nitrogen and oxygen atoms in total. The monoisotopic (exact) mass is 653 g/mol. The summed E-state index contributed by atoms with van der Waals surface area (Å²) in [6.07, 6.45) is 1.12. The van der Waals surface area contributed by atoms with Gasteiger partial charge in [-0.15, -0.1) is 0 Å². The zero-order chi connectivity index (χ0) is 34.8. The average molecular weight is 654 g/mol. The van der Waals surface area contributed by atoms with Crippen LogP contribution in [-0.2, 0) is 16.0 Å². The van der Waals surface area contributed by atoms with Gasteiger partial charge in [0.05, 0.1) is 37.4 Å². The molecular weight excluding hydrogens is 618 g/mol. The van der Waals surface area contributed by atoms with Gasteiger partial charge in [-0.05, 0) is 72.1 Å². The van der Waals surface area contributed by atoms with Gasteiger partial charge in [0.25, 0.3) is 5.91 Å². The molecule has 0 bridgehead atoms. The number of rotatable bonds is 14. The molecule has 4 aromatic rings. The van der Waals surface area contributed by atoms with E-state index in [1.807, 2.05) is 25.1 Å². The number of aryl methyl sites for hydroxylation is 1. The van der Waals surface area contributed by atoms with Crippen molar-refractivity contribution in [1.82, 2.24) is 9.88 Å². The average Bonchev–Trinajstić information content (AvgIpc) is 3.07. The number of carboxylic acids is 2. The normalized spacial score (nSPS) is 11.1. The lowest BCUT2D eigenvalue weighted by atomic mass is 10.0. The number of benzene rings is 3. The molecule has 3 aromatic carbocycles. The zero-order valence-electron chi connectivity index (χ0n) is 26.5. The van der Waals surface area contributed by atoms with Gasteiger partial charge in [-0.2, -0.15) is 0 Å². The number of nitrogens with one attached hydrogen (secondary N) is 3. The third-order valence-corrected chi connectivity index (χ3v) is 7.48. The van der Waals surface area contributed by atoms with Gasteiger partial charge < -0.3 is 35.8 Å². The second-order valence-electron chi connectivity index (χ2n) is 10.9. The highest BCUT2D eigenvalue weighted by Crippen LogP contribution is 2.27. The maximum atomic E-state index is 13.1. The van der Waals surface area contributed by atoms with E-state index in [2.05, 4.69) is 20.9 Å². The summed E-state index contributed by atoms with van der Waals surface area (Å²) in [5, 5.41) is 27.1. The molecule has 48 heavy (non-hydrogen) atoms. The molecule has 13 heteroatoms. The quantitative estimate of drug-likeness (QED) is 0.120. The van der Waals surface area contributed by atoms with Crippen molar-refractivity contribution in [2.75, 3.05) is 36.7 Å². The number of carboxylic acid groups (broad SMARTS) is 2. The summed E-state index contributed by atoms with van der Waals surface area (Å²) in [5.74, 6) is -2.13. The van der Waals surface area contributed by atoms with Crippen molar-refractivity contribution in [1.29, 1.82) is 0 Å². The van der Waals surface area contributed by atoms with Crippen LogP contribution < -0.4 is 20.7 Å². The van der Waals surface area contributed by atoms with Crippen LogP contribution in [0, 0.1) is 6.92 Å². The predicted octanol–water partition coefficient (Wildman–Crippen LogP) is 5.25. The van der Waals surface area contributed by atoms with Crippen molar-refractivity contribution in [3.8, 4) is 5.75 Å². The van der Waals surface area contributed by atoms with Crippen LogP contribution in [0.1, 0.15) is 49.9 Å². The number of ketones is 1. The van der Waals surface area contributed by atoms with Crippen LogP contribution in [0.4, 0.5) is 22.0 Å². The Balaban J connectivity index is 1.34. The molecule has 0 radical (unpaired) electrons. The van der Waals surface area contributed by atoms with Gasteiger partial charge in [-0.3, -0.25) is 14.4 Å². The van der Waals surface area contributed by atoms with Gasteiger partial charge in [-0.25, -0.2) is 14.6 Å². The van der Waals surface area contributed by atoms with E-state index in [1.54, 1.807) is 36.4 Å². The molecule has 1 unspecified atom stereocenters. The maximum Gasteiger partial charge on any atom is 0.335 e. The van der Waals surface area contributed by atoms with Crippen molar-refractivity contribution in [3.63, 3.8) is 0 Å².